The molecule has 35 heavy (non-hydrogen) atoms. The van der Waals surface area contributed by atoms with E-state index in [2.05, 4.69) is 38.3 Å². The van der Waals surface area contributed by atoms with Crippen molar-refractivity contribution in [1.82, 2.24) is 4.90 Å². The highest BCUT2D eigenvalue weighted by Crippen LogP contribution is 2.53. The lowest BCUT2D eigenvalue weighted by molar-refractivity contribution is -0.144. The van der Waals surface area contributed by atoms with Crippen molar-refractivity contribution in [2.24, 2.45) is 11.3 Å². The van der Waals surface area contributed by atoms with Crippen LogP contribution in [0.1, 0.15) is 71.8 Å². The van der Waals surface area contributed by atoms with Crippen LogP contribution in [-0.2, 0) is 20.7 Å². The van der Waals surface area contributed by atoms with Crippen molar-refractivity contribution in [3.63, 3.8) is 0 Å². The molecule has 1 amide bonds. The van der Waals surface area contributed by atoms with Crippen molar-refractivity contribution in [2.75, 3.05) is 6.54 Å². The van der Waals surface area contributed by atoms with Crippen LogP contribution in [0, 0.1) is 11.3 Å². The Morgan fingerprint density at radius 2 is 1.86 bits per heavy atom. The molecule has 0 spiro atoms. The van der Waals surface area contributed by atoms with Gasteiger partial charge in [-0.15, -0.1) is 0 Å². The quantitative estimate of drug-likeness (QED) is 0.434. The number of hydrogen-bond acceptors (Lipinski definition) is 4. The second-order valence-electron chi connectivity index (χ2n) is 11.1. The lowest BCUT2D eigenvalue weighted by Crippen LogP contribution is -2.41. The van der Waals surface area contributed by atoms with Crippen LogP contribution in [0.2, 0.25) is 0 Å². The van der Waals surface area contributed by atoms with Gasteiger partial charge in [-0.3, -0.25) is 9.59 Å². The first kappa shape index (κ1) is 25.3. The molecule has 0 saturated carbocycles. The van der Waals surface area contributed by atoms with Crippen molar-refractivity contribution in [1.29, 1.82) is 0 Å². The highest BCUT2D eigenvalue weighted by molar-refractivity contribution is 5.98. The summed E-state index contributed by atoms with van der Waals surface area (Å²) >= 11 is 0. The molecule has 1 heterocycles. The summed E-state index contributed by atoms with van der Waals surface area (Å²) in [6.07, 6.45) is 7.67. The number of hydrogen-bond donors (Lipinski definition) is 1. The second kappa shape index (κ2) is 10.0. The van der Waals surface area contributed by atoms with Crippen LogP contribution in [0.5, 0.6) is 5.75 Å². The molecule has 1 aliphatic heterocycles. The van der Waals surface area contributed by atoms with Gasteiger partial charge in [0.25, 0.3) is 0 Å². The molecule has 0 fully saturated rings. The lowest BCUT2D eigenvalue weighted by Gasteiger charge is -2.43. The van der Waals surface area contributed by atoms with Crippen molar-refractivity contribution < 1.29 is 19.4 Å². The Morgan fingerprint density at radius 3 is 2.54 bits per heavy atom. The molecule has 1 aromatic carbocycles. The van der Waals surface area contributed by atoms with E-state index in [9.17, 15) is 14.7 Å². The van der Waals surface area contributed by atoms with Crippen molar-refractivity contribution in [3.05, 3.63) is 64.8 Å². The van der Waals surface area contributed by atoms with E-state index in [4.69, 9.17) is 4.74 Å². The Labute approximate surface area is 209 Å². The van der Waals surface area contributed by atoms with E-state index in [0.29, 0.717) is 18.9 Å². The van der Waals surface area contributed by atoms with Gasteiger partial charge in [-0.05, 0) is 86.1 Å². The molecule has 188 valence electrons. The summed E-state index contributed by atoms with van der Waals surface area (Å²) < 4.78 is 5.62. The number of aromatic hydroxyl groups is 1. The third-order valence-corrected chi connectivity index (χ3v) is 8.23. The van der Waals surface area contributed by atoms with Gasteiger partial charge in [-0.1, -0.05) is 43.7 Å². The monoisotopic (exact) mass is 477 g/mol. The number of fused-ring (bicyclic) bond motifs is 1. The van der Waals surface area contributed by atoms with Gasteiger partial charge in [0, 0.05) is 25.5 Å². The number of carbonyl (C=O) groups is 2. The number of benzene rings is 1. The zero-order chi connectivity index (χ0) is 25.3. The van der Waals surface area contributed by atoms with Gasteiger partial charge in [-0.25, -0.2) is 0 Å². The van der Waals surface area contributed by atoms with E-state index >= 15 is 0 Å². The standard InChI is InChI=1S/C30H39NO4/c1-19-6-9-23-10-13-26-28(30(23,4)5)27(18-20(2)17-25(16-19)35-21(3)32)31(29(26)34)15-14-22-7-11-24(33)12-8-22/h7-8,11-12,17,23,25,27,33H,1,6,9-10,13-16,18H2,2-5H3/b20-17+/t23-,25+,27-/m1/s1. The van der Waals surface area contributed by atoms with Gasteiger partial charge < -0.3 is 14.7 Å². The molecule has 5 heteroatoms. The topological polar surface area (TPSA) is 66.8 Å². The summed E-state index contributed by atoms with van der Waals surface area (Å²) in [5, 5.41) is 9.62. The van der Waals surface area contributed by atoms with Gasteiger partial charge >= 0.3 is 5.97 Å². The van der Waals surface area contributed by atoms with Crippen LogP contribution in [-0.4, -0.2) is 40.6 Å². The van der Waals surface area contributed by atoms with E-state index in [1.54, 1.807) is 12.1 Å². The molecule has 5 nitrogen and oxygen atoms in total. The van der Waals surface area contributed by atoms with Gasteiger partial charge in [0.15, 0.2) is 0 Å². The minimum atomic E-state index is -0.316. The number of rotatable bonds is 4. The van der Waals surface area contributed by atoms with Crippen LogP contribution in [0.15, 0.2) is 59.2 Å². The molecule has 0 unspecified atom stereocenters. The molecule has 2 bridgehead atoms. The maximum Gasteiger partial charge on any atom is 0.303 e. The Morgan fingerprint density at radius 1 is 1.17 bits per heavy atom. The third-order valence-electron chi connectivity index (χ3n) is 8.23. The number of phenols is 1. The highest BCUT2D eigenvalue weighted by atomic mass is 16.5. The van der Waals surface area contributed by atoms with Crippen LogP contribution < -0.4 is 0 Å². The molecule has 2 aliphatic carbocycles. The van der Waals surface area contributed by atoms with Crippen LogP contribution in [0.4, 0.5) is 0 Å². The van der Waals surface area contributed by atoms with Crippen molar-refractivity contribution >= 4 is 11.9 Å². The Balaban J connectivity index is 1.68. The smallest absolute Gasteiger partial charge is 0.303 e. The Kier molecular flexibility index (Phi) is 7.25. The third kappa shape index (κ3) is 5.39. The molecule has 3 aliphatic rings. The summed E-state index contributed by atoms with van der Waals surface area (Å²) in [5.74, 6) is 0.634. The van der Waals surface area contributed by atoms with Crippen LogP contribution >= 0.6 is 0 Å². The molecule has 0 saturated heterocycles. The SMILES string of the molecule is C=C1CC[C@@H]2CCC3=C([C@@H](C/C(C)=C/[C@@H](OC(C)=O)C1)N(CCc1ccc(O)cc1)C3=O)C2(C)C. The fourth-order valence-electron chi connectivity index (χ4n) is 6.44. The fraction of sp³-hybridized carbons (Fsp3) is 0.533. The summed E-state index contributed by atoms with van der Waals surface area (Å²) in [7, 11) is 0. The van der Waals surface area contributed by atoms with Crippen molar-refractivity contribution in [3.8, 4) is 5.75 Å². The molecule has 0 radical (unpaired) electrons. The largest absolute Gasteiger partial charge is 0.508 e. The summed E-state index contributed by atoms with van der Waals surface area (Å²) in [5.41, 5.74) is 5.62. The first-order chi connectivity index (χ1) is 16.6. The summed E-state index contributed by atoms with van der Waals surface area (Å²) in [4.78, 5) is 27.5. The number of phenolic OH excluding ortho intramolecular Hbond substituents is 1. The molecule has 1 aromatic rings. The zero-order valence-electron chi connectivity index (χ0n) is 21.6. The van der Waals surface area contributed by atoms with Crippen LogP contribution in [0.3, 0.4) is 0 Å². The van der Waals surface area contributed by atoms with Gasteiger partial charge in [0.2, 0.25) is 5.91 Å². The second-order valence-corrected chi connectivity index (χ2v) is 11.1. The van der Waals surface area contributed by atoms with E-state index in [1.165, 1.54) is 12.5 Å². The van der Waals surface area contributed by atoms with Gasteiger partial charge in [0.05, 0.1) is 6.04 Å². The lowest BCUT2D eigenvalue weighted by atomic mass is 9.62. The first-order valence-corrected chi connectivity index (χ1v) is 12.9. The summed E-state index contributed by atoms with van der Waals surface area (Å²) in [6.45, 7) is 13.1. The van der Waals surface area contributed by atoms with E-state index in [0.717, 1.165) is 60.8 Å². The van der Waals surface area contributed by atoms with Crippen molar-refractivity contribution in [2.45, 2.75) is 84.8 Å². The average Bonchev–Trinajstić information content (AvgIpc) is 3.03. The minimum Gasteiger partial charge on any atom is -0.508 e. The molecule has 4 rings (SSSR count). The minimum absolute atomic E-state index is 0.0178. The molecule has 3 atom stereocenters. The van der Waals surface area contributed by atoms with Gasteiger partial charge in [-0.2, -0.15) is 0 Å². The van der Waals surface area contributed by atoms with E-state index < -0.39 is 0 Å². The molecular formula is C30H39NO4. The van der Waals surface area contributed by atoms with E-state index in [-0.39, 0.29) is 35.2 Å². The molecule has 1 N–H and O–H groups in total. The van der Waals surface area contributed by atoms with Crippen LogP contribution in [0.25, 0.3) is 0 Å². The fourth-order valence-corrected chi connectivity index (χ4v) is 6.44. The number of amides is 1. The van der Waals surface area contributed by atoms with Gasteiger partial charge in [0.1, 0.15) is 11.9 Å². The maximum absolute atomic E-state index is 13.7. The average molecular weight is 478 g/mol. The molecular weight excluding hydrogens is 438 g/mol. The number of esters is 1. The number of ether oxygens (including phenoxy) is 1. The predicted octanol–water partition coefficient (Wildman–Crippen LogP) is 5.89. The highest BCUT2D eigenvalue weighted by Gasteiger charge is 2.49. The van der Waals surface area contributed by atoms with E-state index in [1.807, 2.05) is 12.1 Å². The zero-order valence-corrected chi connectivity index (χ0v) is 21.6. The predicted molar refractivity (Wildman–Crippen MR) is 138 cm³/mol. The Bertz CT molecular complexity index is 1060. The maximum atomic E-state index is 13.7. The normalized spacial score (nSPS) is 28.2. The molecule has 0 aromatic heterocycles. The Hall–Kier alpha value is -2.82. The number of carbonyl (C=O) groups excluding carboxylic acids is 2. The summed E-state index contributed by atoms with van der Waals surface area (Å²) in [6, 6.07) is 7.26. The number of nitrogens with zero attached hydrogens (tertiary/aromatic N) is 1. The first-order valence-electron chi connectivity index (χ1n) is 12.9.